The zero-order chi connectivity index (χ0) is 19.3. The number of rotatable bonds is 3. The molecule has 1 saturated heterocycles. The van der Waals surface area contributed by atoms with Gasteiger partial charge < -0.3 is 10.0 Å². The van der Waals surface area contributed by atoms with Crippen LogP contribution in [0.1, 0.15) is 46.4 Å². The number of aryl methyl sites for hydroxylation is 1. The molecule has 1 atom stereocenters. The highest BCUT2D eigenvalue weighted by Crippen LogP contribution is 2.32. The van der Waals surface area contributed by atoms with E-state index in [0.29, 0.717) is 36.7 Å². The number of fused-ring (bicyclic) bond motifs is 1. The second kappa shape index (κ2) is 6.04. The predicted octanol–water partition coefficient (Wildman–Crippen LogP) is 2.43. The molecule has 0 unspecified atom stereocenters. The first-order chi connectivity index (χ1) is 11.9. The summed E-state index contributed by atoms with van der Waals surface area (Å²) in [5.41, 5.74) is -0.593. The van der Waals surface area contributed by atoms with Crippen LogP contribution in [0.25, 0.3) is 11.2 Å². The summed E-state index contributed by atoms with van der Waals surface area (Å²) < 4.78 is 39.0. The molecule has 0 bridgehead atoms. The van der Waals surface area contributed by atoms with Gasteiger partial charge in [0.25, 0.3) is 0 Å². The van der Waals surface area contributed by atoms with Gasteiger partial charge in [-0.1, -0.05) is 26.0 Å². The van der Waals surface area contributed by atoms with Crippen molar-refractivity contribution in [3.05, 3.63) is 5.82 Å². The van der Waals surface area contributed by atoms with E-state index in [4.69, 9.17) is 0 Å². The monoisotopic (exact) mass is 372 g/mol. The maximum atomic E-state index is 12.6. The highest BCUT2D eigenvalue weighted by molar-refractivity contribution is 5.83. The highest BCUT2D eigenvalue weighted by atomic mass is 19.4. The Hall–Kier alpha value is -1.97. The molecule has 0 aliphatic carbocycles. The van der Waals surface area contributed by atoms with Gasteiger partial charge in [-0.15, -0.1) is 5.10 Å². The molecule has 0 amide bonds. The molecule has 2 aromatic rings. The van der Waals surface area contributed by atoms with Gasteiger partial charge in [0.15, 0.2) is 17.0 Å². The molecule has 3 rings (SSSR count). The van der Waals surface area contributed by atoms with E-state index in [9.17, 15) is 18.3 Å². The smallest absolute Gasteiger partial charge is 0.388 e. The van der Waals surface area contributed by atoms with Gasteiger partial charge in [0.1, 0.15) is 5.82 Å². The van der Waals surface area contributed by atoms with Gasteiger partial charge in [0.2, 0.25) is 0 Å². The lowest BCUT2D eigenvalue weighted by molar-refractivity contribution is -0.137. The third kappa shape index (κ3) is 3.89. The summed E-state index contributed by atoms with van der Waals surface area (Å²) in [6.07, 6.45) is -4.71. The zero-order valence-corrected chi connectivity index (χ0v) is 15.3. The molecule has 7 nitrogen and oxygen atoms in total. The van der Waals surface area contributed by atoms with Crippen molar-refractivity contribution in [2.45, 2.75) is 64.3 Å². The SMILES string of the molecule is CC(C)(C)c1nc(N2CC[C@](C)(O)C2)c2nnn(CCC(F)(F)F)c2n1. The highest BCUT2D eigenvalue weighted by Gasteiger charge is 2.35. The van der Waals surface area contributed by atoms with Crippen molar-refractivity contribution in [2.24, 2.45) is 0 Å². The van der Waals surface area contributed by atoms with Gasteiger partial charge in [-0.3, -0.25) is 0 Å². The lowest BCUT2D eigenvalue weighted by Gasteiger charge is -2.23. The van der Waals surface area contributed by atoms with Crippen LogP contribution in [0, 0.1) is 0 Å². The minimum atomic E-state index is -4.28. The Bertz CT molecular complexity index is 809. The van der Waals surface area contributed by atoms with E-state index >= 15 is 0 Å². The maximum absolute atomic E-state index is 12.6. The zero-order valence-electron chi connectivity index (χ0n) is 15.3. The van der Waals surface area contributed by atoms with Gasteiger partial charge in [-0.2, -0.15) is 13.2 Å². The molecule has 26 heavy (non-hydrogen) atoms. The molecule has 0 spiro atoms. The van der Waals surface area contributed by atoms with Crippen LogP contribution in [0.3, 0.4) is 0 Å². The molecule has 0 aromatic carbocycles. The van der Waals surface area contributed by atoms with E-state index in [2.05, 4.69) is 20.3 Å². The number of anilines is 1. The third-order valence-electron chi connectivity index (χ3n) is 4.37. The molecule has 1 aliphatic rings. The fourth-order valence-electron chi connectivity index (χ4n) is 2.91. The Morgan fingerprint density at radius 3 is 2.42 bits per heavy atom. The minimum Gasteiger partial charge on any atom is -0.388 e. The Morgan fingerprint density at radius 2 is 1.88 bits per heavy atom. The van der Waals surface area contributed by atoms with E-state index in [0.717, 1.165) is 0 Å². The minimum absolute atomic E-state index is 0.288. The lowest BCUT2D eigenvalue weighted by atomic mass is 9.96. The predicted molar refractivity (Wildman–Crippen MR) is 89.9 cm³/mol. The Kier molecular flexibility index (Phi) is 4.37. The number of nitrogens with zero attached hydrogens (tertiary/aromatic N) is 6. The molecule has 144 valence electrons. The van der Waals surface area contributed by atoms with Crippen LogP contribution >= 0.6 is 0 Å². The topological polar surface area (TPSA) is 80.0 Å². The molecule has 2 aromatic heterocycles. The molecule has 1 aliphatic heterocycles. The van der Waals surface area contributed by atoms with Gasteiger partial charge >= 0.3 is 6.18 Å². The summed E-state index contributed by atoms with van der Waals surface area (Å²) in [5.74, 6) is 1.01. The summed E-state index contributed by atoms with van der Waals surface area (Å²) in [6, 6.07) is 0. The number of alkyl halides is 3. The van der Waals surface area contributed by atoms with Crippen molar-refractivity contribution < 1.29 is 18.3 Å². The van der Waals surface area contributed by atoms with E-state index in [1.807, 2.05) is 25.7 Å². The first kappa shape index (κ1) is 18.8. The van der Waals surface area contributed by atoms with Crippen LogP contribution in [0.15, 0.2) is 0 Å². The van der Waals surface area contributed by atoms with Gasteiger partial charge in [0, 0.05) is 18.5 Å². The number of hydrogen-bond donors (Lipinski definition) is 1. The largest absolute Gasteiger partial charge is 0.390 e. The average Bonchev–Trinajstić information content (AvgIpc) is 3.05. The van der Waals surface area contributed by atoms with Crippen LogP contribution in [-0.4, -0.2) is 54.9 Å². The number of aromatic nitrogens is 5. The molecular formula is C16H23F3N6O. The van der Waals surface area contributed by atoms with Crippen molar-refractivity contribution in [3.63, 3.8) is 0 Å². The number of halogens is 3. The quantitative estimate of drug-likeness (QED) is 0.891. The van der Waals surface area contributed by atoms with E-state index < -0.39 is 23.6 Å². The van der Waals surface area contributed by atoms with Crippen molar-refractivity contribution in [2.75, 3.05) is 18.0 Å². The molecule has 1 fully saturated rings. The third-order valence-corrected chi connectivity index (χ3v) is 4.37. The Labute approximate surface area is 149 Å². The van der Waals surface area contributed by atoms with Crippen LogP contribution in [-0.2, 0) is 12.0 Å². The van der Waals surface area contributed by atoms with Crippen LogP contribution in [0.5, 0.6) is 0 Å². The standard InChI is InChI=1S/C16H23F3N6O/c1-14(2,3)13-20-11(24-7-5-15(4,26)9-24)10-12(21-13)25(23-22-10)8-6-16(17,18)19/h26H,5-9H2,1-4H3/t15-/m0/s1. The van der Waals surface area contributed by atoms with Crippen LogP contribution in [0.2, 0.25) is 0 Å². The summed E-state index contributed by atoms with van der Waals surface area (Å²) in [4.78, 5) is 10.9. The molecule has 10 heteroatoms. The fourth-order valence-corrected chi connectivity index (χ4v) is 2.91. The molecular weight excluding hydrogens is 349 g/mol. The summed E-state index contributed by atoms with van der Waals surface area (Å²) in [7, 11) is 0. The molecule has 3 heterocycles. The number of hydrogen-bond acceptors (Lipinski definition) is 6. The number of aliphatic hydroxyl groups is 1. The Morgan fingerprint density at radius 1 is 1.19 bits per heavy atom. The molecule has 1 N–H and O–H groups in total. The van der Waals surface area contributed by atoms with Crippen molar-refractivity contribution in [1.82, 2.24) is 25.0 Å². The van der Waals surface area contributed by atoms with Crippen LogP contribution < -0.4 is 4.90 Å². The molecule has 0 saturated carbocycles. The van der Waals surface area contributed by atoms with Gasteiger partial charge in [0.05, 0.1) is 18.6 Å². The average molecular weight is 372 g/mol. The second-order valence-electron chi connectivity index (χ2n) is 8.14. The lowest BCUT2D eigenvalue weighted by Crippen LogP contribution is -2.31. The van der Waals surface area contributed by atoms with Crippen LogP contribution in [0.4, 0.5) is 19.0 Å². The maximum Gasteiger partial charge on any atom is 0.390 e. The summed E-state index contributed by atoms with van der Waals surface area (Å²) in [5, 5.41) is 18.2. The number of β-amino-alcohol motifs (C(OH)–C–C–N with tert-alkyl or cyclic N) is 1. The second-order valence-corrected chi connectivity index (χ2v) is 8.14. The van der Waals surface area contributed by atoms with E-state index in [-0.39, 0.29) is 12.2 Å². The van der Waals surface area contributed by atoms with Gasteiger partial charge in [-0.25, -0.2) is 14.6 Å². The Balaban J connectivity index is 2.07. The fraction of sp³-hybridized carbons (Fsp3) is 0.750. The van der Waals surface area contributed by atoms with Crippen molar-refractivity contribution in [1.29, 1.82) is 0 Å². The van der Waals surface area contributed by atoms with Gasteiger partial charge in [-0.05, 0) is 13.3 Å². The first-order valence-electron chi connectivity index (χ1n) is 8.52. The van der Waals surface area contributed by atoms with E-state index in [1.54, 1.807) is 6.92 Å². The summed E-state index contributed by atoms with van der Waals surface area (Å²) in [6.45, 7) is 8.15. The van der Waals surface area contributed by atoms with E-state index in [1.165, 1.54) is 4.68 Å². The summed E-state index contributed by atoms with van der Waals surface area (Å²) >= 11 is 0. The first-order valence-corrected chi connectivity index (χ1v) is 8.52. The van der Waals surface area contributed by atoms with Crippen molar-refractivity contribution >= 4 is 17.0 Å². The normalized spacial score (nSPS) is 21.8. The van der Waals surface area contributed by atoms with Crippen molar-refractivity contribution in [3.8, 4) is 0 Å². The molecule has 0 radical (unpaired) electrons.